The third-order valence-electron chi connectivity index (χ3n) is 1.48. The number of nitrogens with two attached hydrogens (primary N) is 1. The summed E-state index contributed by atoms with van der Waals surface area (Å²) in [5.41, 5.74) is 5.50. The van der Waals surface area contributed by atoms with E-state index in [2.05, 4.69) is 6.92 Å². The third kappa shape index (κ3) is 4.77. The Balaban J connectivity index is 0.00000144. The first-order valence-electron chi connectivity index (χ1n) is 3.84. The van der Waals surface area contributed by atoms with Gasteiger partial charge < -0.3 is 5.73 Å². The van der Waals surface area contributed by atoms with Crippen molar-refractivity contribution in [3.63, 3.8) is 0 Å². The van der Waals surface area contributed by atoms with Gasteiger partial charge in [0.15, 0.2) is 0 Å². The molecule has 0 fully saturated rings. The van der Waals surface area contributed by atoms with Crippen molar-refractivity contribution < 1.29 is 0 Å². The second-order valence-corrected chi connectivity index (χ2v) is 4.57. The van der Waals surface area contributed by atoms with E-state index in [1.54, 1.807) is 11.8 Å². The minimum Gasteiger partial charge on any atom is -0.329 e. The summed E-state index contributed by atoms with van der Waals surface area (Å²) >= 11 is 7.52. The summed E-state index contributed by atoms with van der Waals surface area (Å²) in [4.78, 5) is 1.22. The lowest BCUT2D eigenvalue weighted by molar-refractivity contribution is 0.951. The van der Waals surface area contributed by atoms with Gasteiger partial charge in [-0.2, -0.15) is 0 Å². The summed E-state index contributed by atoms with van der Waals surface area (Å²) in [7, 11) is 0. The van der Waals surface area contributed by atoms with Crippen molar-refractivity contribution in [1.29, 1.82) is 0 Å². The number of halogens is 2. The molecule has 1 atom stereocenters. The average molecular weight is 238 g/mol. The molecule has 0 amide bonds. The zero-order valence-corrected chi connectivity index (χ0v) is 9.75. The molecule has 0 aliphatic carbocycles. The van der Waals surface area contributed by atoms with Crippen molar-refractivity contribution in [2.75, 3.05) is 6.54 Å². The van der Waals surface area contributed by atoms with Gasteiger partial charge in [-0.25, -0.2) is 0 Å². The van der Waals surface area contributed by atoms with Crippen LogP contribution in [0, 0.1) is 0 Å². The summed E-state index contributed by atoms with van der Waals surface area (Å²) < 4.78 is 0. The van der Waals surface area contributed by atoms with Gasteiger partial charge in [-0.15, -0.1) is 24.2 Å². The summed E-state index contributed by atoms with van der Waals surface area (Å²) in [5, 5.41) is 1.24. The van der Waals surface area contributed by atoms with Gasteiger partial charge in [0.1, 0.15) is 0 Å². The van der Waals surface area contributed by atoms with Gasteiger partial charge in [0.2, 0.25) is 0 Å². The van der Waals surface area contributed by atoms with Crippen molar-refractivity contribution in [2.24, 2.45) is 5.73 Å². The highest BCUT2D eigenvalue weighted by atomic mass is 35.5. The molecule has 74 valence electrons. The van der Waals surface area contributed by atoms with Crippen molar-refractivity contribution in [3.8, 4) is 0 Å². The first-order chi connectivity index (χ1) is 5.72. The lowest BCUT2D eigenvalue weighted by Gasteiger charge is -2.07. The number of benzene rings is 1. The quantitative estimate of drug-likeness (QED) is 0.818. The summed E-state index contributed by atoms with van der Waals surface area (Å²) in [6, 6.07) is 7.82. The molecule has 1 aromatic carbocycles. The first-order valence-corrected chi connectivity index (χ1v) is 5.10. The Hall–Kier alpha value is 0.110. The first kappa shape index (κ1) is 13.1. The molecule has 0 heterocycles. The maximum Gasteiger partial charge on any atom is 0.0406 e. The highest BCUT2D eigenvalue weighted by Gasteiger charge is 2.00. The van der Waals surface area contributed by atoms with Crippen LogP contribution in [0.25, 0.3) is 0 Å². The lowest BCUT2D eigenvalue weighted by atomic mass is 10.4. The SMILES string of the molecule is CC(CN)Sc1ccc(Cl)cc1.Cl. The van der Waals surface area contributed by atoms with Gasteiger partial charge >= 0.3 is 0 Å². The van der Waals surface area contributed by atoms with E-state index >= 15 is 0 Å². The number of rotatable bonds is 3. The fourth-order valence-electron chi connectivity index (χ4n) is 0.794. The van der Waals surface area contributed by atoms with Crippen molar-refractivity contribution in [2.45, 2.75) is 17.1 Å². The van der Waals surface area contributed by atoms with E-state index in [1.165, 1.54) is 4.90 Å². The van der Waals surface area contributed by atoms with Crippen LogP contribution in [0.15, 0.2) is 29.2 Å². The van der Waals surface area contributed by atoms with Gasteiger partial charge in [0.05, 0.1) is 0 Å². The molecule has 0 aliphatic heterocycles. The molecule has 13 heavy (non-hydrogen) atoms. The maximum atomic E-state index is 5.75. The van der Waals surface area contributed by atoms with E-state index in [-0.39, 0.29) is 12.4 Å². The molecular weight excluding hydrogens is 225 g/mol. The Labute approximate surface area is 94.4 Å². The smallest absolute Gasteiger partial charge is 0.0406 e. The van der Waals surface area contributed by atoms with Crippen LogP contribution in [0.2, 0.25) is 5.02 Å². The Morgan fingerprint density at radius 3 is 2.38 bits per heavy atom. The van der Waals surface area contributed by atoms with Gasteiger partial charge in [-0.3, -0.25) is 0 Å². The minimum absolute atomic E-state index is 0. The minimum atomic E-state index is 0. The van der Waals surface area contributed by atoms with Crippen molar-refractivity contribution in [1.82, 2.24) is 0 Å². The van der Waals surface area contributed by atoms with E-state index in [4.69, 9.17) is 17.3 Å². The van der Waals surface area contributed by atoms with Crippen LogP contribution in [0.4, 0.5) is 0 Å². The normalized spacial score (nSPS) is 11.9. The van der Waals surface area contributed by atoms with Gasteiger partial charge in [-0.1, -0.05) is 18.5 Å². The van der Waals surface area contributed by atoms with Crippen molar-refractivity contribution in [3.05, 3.63) is 29.3 Å². The van der Waals surface area contributed by atoms with Crippen LogP contribution in [0.1, 0.15) is 6.92 Å². The van der Waals surface area contributed by atoms with E-state index in [0.717, 1.165) is 5.02 Å². The monoisotopic (exact) mass is 237 g/mol. The third-order valence-corrected chi connectivity index (χ3v) is 2.87. The molecule has 1 unspecified atom stereocenters. The number of hydrogen-bond acceptors (Lipinski definition) is 2. The Bertz CT molecular complexity index is 238. The molecule has 1 rings (SSSR count). The Morgan fingerprint density at radius 1 is 1.38 bits per heavy atom. The Kier molecular flexibility index (Phi) is 6.60. The molecule has 0 saturated heterocycles. The average Bonchev–Trinajstić information content (AvgIpc) is 2.09. The zero-order valence-electron chi connectivity index (χ0n) is 7.37. The van der Waals surface area contributed by atoms with Crippen LogP contribution < -0.4 is 5.73 Å². The predicted molar refractivity (Wildman–Crippen MR) is 63.1 cm³/mol. The summed E-state index contributed by atoms with van der Waals surface area (Å²) in [6.07, 6.45) is 0. The molecule has 1 nitrogen and oxygen atoms in total. The molecule has 0 bridgehead atoms. The zero-order chi connectivity index (χ0) is 8.97. The lowest BCUT2D eigenvalue weighted by Crippen LogP contribution is -2.11. The van der Waals surface area contributed by atoms with Crippen LogP contribution in [0.3, 0.4) is 0 Å². The van der Waals surface area contributed by atoms with Crippen LogP contribution in [-0.4, -0.2) is 11.8 Å². The van der Waals surface area contributed by atoms with Crippen LogP contribution in [-0.2, 0) is 0 Å². The largest absolute Gasteiger partial charge is 0.329 e. The summed E-state index contributed by atoms with van der Waals surface area (Å²) in [5.74, 6) is 0. The highest BCUT2D eigenvalue weighted by molar-refractivity contribution is 8.00. The summed E-state index contributed by atoms with van der Waals surface area (Å²) in [6.45, 7) is 2.81. The molecule has 0 aromatic heterocycles. The van der Waals surface area contributed by atoms with E-state index in [9.17, 15) is 0 Å². The molecule has 0 aliphatic rings. The van der Waals surface area contributed by atoms with E-state index in [0.29, 0.717) is 11.8 Å². The molecule has 0 spiro atoms. The molecular formula is C9H13Cl2NS. The van der Waals surface area contributed by atoms with Gasteiger partial charge in [-0.05, 0) is 24.3 Å². The Morgan fingerprint density at radius 2 is 1.92 bits per heavy atom. The van der Waals surface area contributed by atoms with Crippen molar-refractivity contribution >= 4 is 35.8 Å². The molecule has 0 radical (unpaired) electrons. The molecule has 4 heteroatoms. The molecule has 0 saturated carbocycles. The van der Waals surface area contributed by atoms with E-state index < -0.39 is 0 Å². The topological polar surface area (TPSA) is 26.0 Å². The second-order valence-electron chi connectivity index (χ2n) is 2.62. The highest BCUT2D eigenvalue weighted by Crippen LogP contribution is 2.23. The molecule has 2 N–H and O–H groups in total. The second kappa shape index (κ2) is 6.55. The molecule has 1 aromatic rings. The fraction of sp³-hybridized carbons (Fsp3) is 0.333. The van der Waals surface area contributed by atoms with Gasteiger partial charge in [0, 0.05) is 21.7 Å². The standard InChI is InChI=1S/C9H12ClNS.ClH/c1-7(6-11)12-9-4-2-8(10)3-5-9;/h2-5,7H,6,11H2,1H3;1H. The van der Waals surface area contributed by atoms with Gasteiger partial charge in [0.25, 0.3) is 0 Å². The number of hydrogen-bond donors (Lipinski definition) is 1. The number of thioether (sulfide) groups is 1. The van der Waals surface area contributed by atoms with Crippen LogP contribution in [0.5, 0.6) is 0 Å². The maximum absolute atomic E-state index is 5.75. The predicted octanol–water partition coefficient (Wildman–Crippen LogP) is 3.20. The van der Waals surface area contributed by atoms with E-state index in [1.807, 2.05) is 24.3 Å². The van der Waals surface area contributed by atoms with Crippen LogP contribution >= 0.6 is 35.8 Å². The fourth-order valence-corrected chi connectivity index (χ4v) is 1.77.